The van der Waals surface area contributed by atoms with E-state index in [9.17, 15) is 4.79 Å². The smallest absolute Gasteiger partial charge is 0.321 e. The molecule has 0 unspecified atom stereocenters. The lowest BCUT2D eigenvalue weighted by Crippen LogP contribution is -2.31. The fourth-order valence-electron chi connectivity index (χ4n) is 3.47. The summed E-state index contributed by atoms with van der Waals surface area (Å²) < 4.78 is 0. The lowest BCUT2D eigenvalue weighted by molar-refractivity contribution is 0.250. The SMILES string of the molecule is CN(CCCNC(=O)Nc1nnc(C2CCCCC2)s1)Cc1ccccc1. The third-order valence-corrected chi connectivity index (χ3v) is 5.91. The van der Waals surface area contributed by atoms with Crippen molar-refractivity contribution < 1.29 is 4.79 Å². The molecule has 0 radical (unpaired) electrons. The normalized spacial score (nSPS) is 15.0. The highest BCUT2D eigenvalue weighted by molar-refractivity contribution is 7.15. The lowest BCUT2D eigenvalue weighted by atomic mass is 9.90. The van der Waals surface area contributed by atoms with Crippen molar-refractivity contribution in [1.82, 2.24) is 20.4 Å². The molecule has 3 rings (SSSR count). The minimum absolute atomic E-state index is 0.202. The molecule has 27 heavy (non-hydrogen) atoms. The van der Waals surface area contributed by atoms with Crippen molar-refractivity contribution in [3.63, 3.8) is 0 Å². The summed E-state index contributed by atoms with van der Waals surface area (Å²) in [6, 6.07) is 10.2. The number of aromatic nitrogens is 2. The Balaban J connectivity index is 1.32. The second kappa shape index (κ2) is 10.4. The Morgan fingerprint density at radius 2 is 1.96 bits per heavy atom. The number of amides is 2. The molecular formula is C20H29N5OS. The minimum atomic E-state index is -0.202. The van der Waals surface area contributed by atoms with Crippen LogP contribution in [0.2, 0.25) is 0 Å². The van der Waals surface area contributed by atoms with E-state index in [1.165, 1.54) is 49.0 Å². The van der Waals surface area contributed by atoms with Crippen LogP contribution < -0.4 is 10.6 Å². The molecular weight excluding hydrogens is 358 g/mol. The number of hydrogen-bond acceptors (Lipinski definition) is 5. The van der Waals surface area contributed by atoms with Crippen molar-refractivity contribution in [1.29, 1.82) is 0 Å². The van der Waals surface area contributed by atoms with Gasteiger partial charge in [-0.25, -0.2) is 4.79 Å². The molecule has 0 saturated heterocycles. The van der Waals surface area contributed by atoms with Crippen molar-refractivity contribution in [3.8, 4) is 0 Å². The summed E-state index contributed by atoms with van der Waals surface area (Å²) in [5, 5.41) is 15.8. The molecule has 0 atom stereocenters. The minimum Gasteiger partial charge on any atom is -0.338 e. The van der Waals surface area contributed by atoms with Crippen molar-refractivity contribution in [2.75, 3.05) is 25.5 Å². The van der Waals surface area contributed by atoms with Gasteiger partial charge in [0.15, 0.2) is 0 Å². The molecule has 0 aliphatic heterocycles. The number of rotatable bonds is 8. The van der Waals surface area contributed by atoms with Crippen molar-refractivity contribution in [2.45, 2.75) is 51.0 Å². The van der Waals surface area contributed by atoms with Crippen molar-refractivity contribution in [2.24, 2.45) is 0 Å². The van der Waals surface area contributed by atoms with Crippen molar-refractivity contribution >= 4 is 22.5 Å². The van der Waals surface area contributed by atoms with E-state index in [1.54, 1.807) is 0 Å². The van der Waals surface area contributed by atoms with E-state index < -0.39 is 0 Å². The molecule has 6 nitrogen and oxygen atoms in total. The molecule has 2 amide bonds. The van der Waals surface area contributed by atoms with Crippen LogP contribution in [0, 0.1) is 0 Å². The third-order valence-electron chi connectivity index (χ3n) is 4.91. The molecule has 2 N–H and O–H groups in total. The molecule has 1 fully saturated rings. The first-order chi connectivity index (χ1) is 13.2. The molecule has 1 aliphatic carbocycles. The van der Waals surface area contributed by atoms with Crippen LogP contribution in [-0.2, 0) is 6.54 Å². The number of urea groups is 1. The molecule has 7 heteroatoms. The zero-order chi connectivity index (χ0) is 18.9. The van der Waals surface area contributed by atoms with Crippen LogP contribution in [0.1, 0.15) is 55.0 Å². The van der Waals surface area contributed by atoms with Gasteiger partial charge < -0.3 is 10.2 Å². The number of nitrogens with one attached hydrogen (secondary N) is 2. The number of benzene rings is 1. The highest BCUT2D eigenvalue weighted by Gasteiger charge is 2.20. The summed E-state index contributed by atoms with van der Waals surface area (Å²) in [4.78, 5) is 14.3. The number of nitrogens with zero attached hydrogens (tertiary/aromatic N) is 3. The average Bonchev–Trinajstić information content (AvgIpc) is 3.15. The van der Waals surface area contributed by atoms with Gasteiger partial charge in [0.2, 0.25) is 5.13 Å². The van der Waals surface area contributed by atoms with Crippen LogP contribution in [0.15, 0.2) is 30.3 Å². The first kappa shape index (κ1) is 19.8. The number of anilines is 1. The maximum absolute atomic E-state index is 12.0. The second-order valence-electron chi connectivity index (χ2n) is 7.24. The monoisotopic (exact) mass is 387 g/mol. The zero-order valence-electron chi connectivity index (χ0n) is 16.0. The van der Waals surface area contributed by atoms with E-state index in [4.69, 9.17) is 0 Å². The standard InChI is InChI=1S/C20H29N5OS/c1-25(15-16-9-4-2-5-10-16)14-8-13-21-19(26)22-20-24-23-18(27-20)17-11-6-3-7-12-17/h2,4-5,9-10,17H,3,6-8,11-15H2,1H3,(H2,21,22,24,26). The van der Waals surface area contributed by atoms with Gasteiger partial charge in [0, 0.05) is 19.0 Å². The van der Waals surface area contributed by atoms with Gasteiger partial charge in [-0.1, -0.05) is 60.9 Å². The average molecular weight is 388 g/mol. The predicted octanol–water partition coefficient (Wildman–Crippen LogP) is 4.23. The molecule has 0 bridgehead atoms. The van der Waals surface area contributed by atoms with E-state index in [-0.39, 0.29) is 6.03 Å². The van der Waals surface area contributed by atoms with Crippen LogP contribution in [0.25, 0.3) is 0 Å². The molecule has 1 aliphatic rings. The van der Waals surface area contributed by atoms with E-state index in [1.807, 2.05) is 6.07 Å². The first-order valence-electron chi connectivity index (χ1n) is 9.81. The van der Waals surface area contributed by atoms with E-state index in [0.29, 0.717) is 17.6 Å². The highest BCUT2D eigenvalue weighted by Crippen LogP contribution is 2.35. The third kappa shape index (κ3) is 6.59. The predicted molar refractivity (Wildman–Crippen MR) is 110 cm³/mol. The van der Waals surface area contributed by atoms with E-state index in [2.05, 4.69) is 57.0 Å². The summed E-state index contributed by atoms with van der Waals surface area (Å²) >= 11 is 1.51. The molecule has 1 aromatic heterocycles. The summed E-state index contributed by atoms with van der Waals surface area (Å²) in [7, 11) is 2.10. The zero-order valence-corrected chi connectivity index (χ0v) is 16.8. The second-order valence-corrected chi connectivity index (χ2v) is 8.25. The molecule has 1 heterocycles. The van der Waals surface area contributed by atoms with Gasteiger partial charge >= 0.3 is 6.03 Å². The summed E-state index contributed by atoms with van der Waals surface area (Å²) in [5.41, 5.74) is 1.30. The Labute approximate surface area is 165 Å². The van der Waals surface area contributed by atoms with Gasteiger partial charge in [0.05, 0.1) is 0 Å². The van der Waals surface area contributed by atoms with E-state index in [0.717, 1.165) is 24.5 Å². The van der Waals surface area contributed by atoms with Gasteiger partial charge in [0.1, 0.15) is 5.01 Å². The van der Waals surface area contributed by atoms with Gasteiger partial charge in [-0.3, -0.25) is 5.32 Å². The Morgan fingerprint density at radius 1 is 1.19 bits per heavy atom. The largest absolute Gasteiger partial charge is 0.338 e. The lowest BCUT2D eigenvalue weighted by Gasteiger charge is -2.18. The summed E-state index contributed by atoms with van der Waals surface area (Å²) in [6.07, 6.45) is 7.15. The van der Waals surface area contributed by atoms with Gasteiger partial charge in [-0.05, 0) is 38.4 Å². The van der Waals surface area contributed by atoms with E-state index >= 15 is 0 Å². The molecule has 1 saturated carbocycles. The maximum Gasteiger partial charge on any atom is 0.321 e. The van der Waals surface area contributed by atoms with Gasteiger partial charge in [-0.2, -0.15) is 0 Å². The Morgan fingerprint density at radius 3 is 2.74 bits per heavy atom. The fraction of sp³-hybridized carbons (Fsp3) is 0.550. The van der Waals surface area contributed by atoms with Gasteiger partial charge in [-0.15, -0.1) is 10.2 Å². The molecule has 0 spiro atoms. The quantitative estimate of drug-likeness (QED) is 0.665. The topological polar surface area (TPSA) is 70.2 Å². The first-order valence-corrected chi connectivity index (χ1v) is 10.6. The molecule has 146 valence electrons. The maximum atomic E-state index is 12.0. The van der Waals surface area contributed by atoms with Crippen LogP contribution in [0.3, 0.4) is 0 Å². The van der Waals surface area contributed by atoms with Crippen molar-refractivity contribution in [3.05, 3.63) is 40.9 Å². The van der Waals surface area contributed by atoms with Crippen LogP contribution in [0.5, 0.6) is 0 Å². The number of carbonyl (C=O) groups excluding carboxylic acids is 1. The Kier molecular flexibility index (Phi) is 7.59. The van der Waals surface area contributed by atoms with Crippen LogP contribution in [-0.4, -0.2) is 41.3 Å². The van der Waals surface area contributed by atoms with Crippen LogP contribution in [0.4, 0.5) is 9.93 Å². The molecule has 1 aromatic carbocycles. The number of carbonyl (C=O) groups is 1. The Bertz CT molecular complexity index is 699. The summed E-state index contributed by atoms with van der Waals surface area (Å²) in [5.74, 6) is 0.523. The van der Waals surface area contributed by atoms with Crippen LogP contribution >= 0.6 is 11.3 Å². The Hall–Kier alpha value is -1.99. The fourth-order valence-corrected chi connectivity index (χ4v) is 4.37. The van der Waals surface area contributed by atoms with Gasteiger partial charge in [0.25, 0.3) is 0 Å². The summed E-state index contributed by atoms with van der Waals surface area (Å²) in [6.45, 7) is 2.49. The molecule has 2 aromatic rings. The number of hydrogen-bond donors (Lipinski definition) is 2. The highest BCUT2D eigenvalue weighted by atomic mass is 32.1.